The third-order valence-corrected chi connectivity index (χ3v) is 6.37. The average molecular weight is 453 g/mol. The lowest BCUT2D eigenvalue weighted by Gasteiger charge is -2.06. The fourth-order valence-electron chi connectivity index (χ4n) is 2.55. The molecular weight excluding hydrogens is 434 g/mol. The quantitative estimate of drug-likeness (QED) is 0.545. The normalized spacial score (nSPS) is 11.4. The van der Waals surface area contributed by atoms with Crippen LogP contribution < -0.4 is 10.0 Å². The standard InChI is InChI=1S/C19H18F2N4O3S2/c1-2-3-12-4-7-14(8-5-12)30(27,28)22-11-17-24-25-19(29-17)18(26)23-16-9-6-13(20)10-15(16)21/h4-10,22H,2-3,11H2,1H3,(H,23,26). The van der Waals surface area contributed by atoms with Gasteiger partial charge in [0.15, 0.2) is 0 Å². The molecule has 11 heteroatoms. The number of amides is 1. The van der Waals surface area contributed by atoms with Gasteiger partial charge in [-0.15, -0.1) is 10.2 Å². The molecule has 0 unspecified atom stereocenters. The number of benzene rings is 2. The monoisotopic (exact) mass is 452 g/mol. The van der Waals surface area contributed by atoms with E-state index in [4.69, 9.17) is 0 Å². The Morgan fingerprint density at radius 3 is 2.50 bits per heavy atom. The van der Waals surface area contributed by atoms with Crippen LogP contribution in [0, 0.1) is 11.6 Å². The van der Waals surface area contributed by atoms with Crippen molar-refractivity contribution in [2.24, 2.45) is 0 Å². The van der Waals surface area contributed by atoms with E-state index in [1.165, 1.54) is 12.1 Å². The third kappa shape index (κ3) is 5.43. The molecule has 0 atom stereocenters. The molecule has 2 N–H and O–H groups in total. The molecule has 0 aliphatic rings. The molecule has 0 bridgehead atoms. The van der Waals surface area contributed by atoms with Crippen LogP contribution >= 0.6 is 11.3 Å². The molecule has 0 spiro atoms. The van der Waals surface area contributed by atoms with Crippen LogP contribution in [-0.4, -0.2) is 24.5 Å². The summed E-state index contributed by atoms with van der Waals surface area (Å²) in [4.78, 5) is 12.3. The Balaban J connectivity index is 1.62. The molecule has 7 nitrogen and oxygen atoms in total. The Labute approximate surface area is 176 Å². The number of hydrogen-bond donors (Lipinski definition) is 2. The molecule has 1 heterocycles. The molecule has 2 aromatic carbocycles. The highest BCUT2D eigenvalue weighted by Crippen LogP contribution is 2.18. The minimum atomic E-state index is -3.76. The maximum atomic E-state index is 13.6. The number of nitrogens with one attached hydrogen (secondary N) is 2. The largest absolute Gasteiger partial charge is 0.317 e. The van der Waals surface area contributed by atoms with Gasteiger partial charge in [-0.2, -0.15) is 0 Å². The maximum Gasteiger partial charge on any atom is 0.286 e. The Morgan fingerprint density at radius 1 is 1.10 bits per heavy atom. The summed E-state index contributed by atoms with van der Waals surface area (Å²) >= 11 is 0.856. The molecule has 0 saturated carbocycles. The van der Waals surface area contributed by atoms with Gasteiger partial charge in [0.05, 0.1) is 17.1 Å². The minimum Gasteiger partial charge on any atom is -0.317 e. The predicted molar refractivity (Wildman–Crippen MR) is 109 cm³/mol. The van der Waals surface area contributed by atoms with Crippen LogP contribution in [-0.2, 0) is 23.0 Å². The maximum absolute atomic E-state index is 13.6. The van der Waals surface area contributed by atoms with Crippen molar-refractivity contribution >= 4 is 33.0 Å². The summed E-state index contributed by atoms with van der Waals surface area (Å²) in [6.45, 7) is 1.88. The molecule has 30 heavy (non-hydrogen) atoms. The van der Waals surface area contributed by atoms with E-state index >= 15 is 0 Å². The first-order chi connectivity index (χ1) is 14.3. The number of nitrogens with zero attached hydrogens (tertiary/aromatic N) is 2. The van der Waals surface area contributed by atoms with Gasteiger partial charge in [-0.05, 0) is 36.2 Å². The van der Waals surface area contributed by atoms with E-state index in [2.05, 4.69) is 20.2 Å². The second-order valence-corrected chi connectivity index (χ2v) is 9.13. The molecule has 158 valence electrons. The van der Waals surface area contributed by atoms with Gasteiger partial charge in [0.25, 0.3) is 5.91 Å². The molecule has 3 aromatic rings. The van der Waals surface area contributed by atoms with Crippen molar-refractivity contribution in [1.29, 1.82) is 0 Å². The summed E-state index contributed by atoms with van der Waals surface area (Å²) < 4.78 is 53.8. The van der Waals surface area contributed by atoms with Crippen molar-refractivity contribution in [1.82, 2.24) is 14.9 Å². The first-order valence-electron chi connectivity index (χ1n) is 8.96. The van der Waals surface area contributed by atoms with Gasteiger partial charge in [0.1, 0.15) is 16.6 Å². The van der Waals surface area contributed by atoms with Gasteiger partial charge in [0.2, 0.25) is 15.0 Å². The van der Waals surface area contributed by atoms with Gasteiger partial charge in [-0.3, -0.25) is 4.79 Å². The molecule has 3 rings (SSSR count). The number of hydrogen-bond acceptors (Lipinski definition) is 6. The molecule has 1 aromatic heterocycles. The predicted octanol–water partition coefficient (Wildman–Crippen LogP) is 3.50. The molecule has 0 saturated heterocycles. The SMILES string of the molecule is CCCc1ccc(S(=O)(=O)NCc2nnc(C(=O)Nc3ccc(F)cc3F)s2)cc1. The number of rotatable bonds is 8. The summed E-state index contributed by atoms with van der Waals surface area (Å²) in [5.41, 5.74) is 0.846. The van der Waals surface area contributed by atoms with E-state index < -0.39 is 27.6 Å². The number of sulfonamides is 1. The highest BCUT2D eigenvalue weighted by Gasteiger charge is 2.18. The van der Waals surface area contributed by atoms with E-state index in [-0.39, 0.29) is 27.1 Å². The number of halogens is 2. The number of aryl methyl sites for hydroxylation is 1. The Hall–Kier alpha value is -2.76. The summed E-state index contributed by atoms with van der Waals surface area (Å²) in [5.74, 6) is -2.43. The molecule has 0 radical (unpaired) electrons. The summed E-state index contributed by atoms with van der Waals surface area (Å²) in [6.07, 6.45) is 1.83. The van der Waals surface area contributed by atoms with Gasteiger partial charge in [-0.25, -0.2) is 21.9 Å². The van der Waals surface area contributed by atoms with Gasteiger partial charge >= 0.3 is 0 Å². The fraction of sp³-hybridized carbons (Fsp3) is 0.211. The summed E-state index contributed by atoms with van der Waals surface area (Å²) in [5, 5.41) is 9.91. The lowest BCUT2D eigenvalue weighted by atomic mass is 10.1. The first-order valence-corrected chi connectivity index (χ1v) is 11.3. The zero-order valence-corrected chi connectivity index (χ0v) is 17.5. The van der Waals surface area contributed by atoms with E-state index in [0.29, 0.717) is 6.07 Å². The van der Waals surface area contributed by atoms with Crippen molar-refractivity contribution in [3.63, 3.8) is 0 Å². The van der Waals surface area contributed by atoms with Crippen LogP contribution in [0.5, 0.6) is 0 Å². The van der Waals surface area contributed by atoms with Crippen LogP contribution in [0.4, 0.5) is 14.5 Å². The number of anilines is 1. The average Bonchev–Trinajstić information content (AvgIpc) is 3.19. The number of carbonyl (C=O) groups excluding carboxylic acids is 1. The molecule has 0 aliphatic carbocycles. The van der Waals surface area contributed by atoms with Crippen molar-refractivity contribution in [3.05, 3.63) is 69.7 Å². The zero-order chi connectivity index (χ0) is 21.7. The van der Waals surface area contributed by atoms with E-state index in [1.807, 2.05) is 6.92 Å². The first kappa shape index (κ1) is 21.9. The van der Waals surface area contributed by atoms with Gasteiger partial charge in [0, 0.05) is 6.07 Å². The van der Waals surface area contributed by atoms with Crippen molar-refractivity contribution in [2.75, 3.05) is 5.32 Å². The van der Waals surface area contributed by atoms with Crippen LogP contribution in [0.25, 0.3) is 0 Å². The van der Waals surface area contributed by atoms with E-state index in [1.54, 1.807) is 12.1 Å². The molecule has 0 fully saturated rings. The lowest BCUT2D eigenvalue weighted by Crippen LogP contribution is -2.23. The van der Waals surface area contributed by atoms with Crippen LogP contribution in [0.1, 0.15) is 33.7 Å². The number of aromatic nitrogens is 2. The van der Waals surface area contributed by atoms with E-state index in [9.17, 15) is 22.0 Å². The fourth-order valence-corrected chi connectivity index (χ4v) is 4.30. The van der Waals surface area contributed by atoms with Crippen LogP contribution in [0.15, 0.2) is 47.4 Å². The Morgan fingerprint density at radius 2 is 1.83 bits per heavy atom. The Kier molecular flexibility index (Phi) is 6.85. The number of carbonyl (C=O) groups is 1. The summed E-state index contributed by atoms with van der Waals surface area (Å²) in [7, 11) is -3.76. The molecule has 1 amide bonds. The van der Waals surface area contributed by atoms with Crippen LogP contribution in [0.3, 0.4) is 0 Å². The highest BCUT2D eigenvalue weighted by atomic mass is 32.2. The topological polar surface area (TPSA) is 101 Å². The van der Waals surface area contributed by atoms with E-state index in [0.717, 1.165) is 41.9 Å². The minimum absolute atomic E-state index is 0.0863. The van der Waals surface area contributed by atoms with Gasteiger partial charge in [-0.1, -0.05) is 36.8 Å². The highest BCUT2D eigenvalue weighted by molar-refractivity contribution is 7.89. The van der Waals surface area contributed by atoms with Crippen molar-refractivity contribution in [2.45, 2.75) is 31.2 Å². The summed E-state index contributed by atoms with van der Waals surface area (Å²) in [6, 6.07) is 9.33. The Bertz CT molecular complexity index is 1150. The van der Waals surface area contributed by atoms with Gasteiger partial charge < -0.3 is 5.32 Å². The van der Waals surface area contributed by atoms with Crippen LogP contribution in [0.2, 0.25) is 0 Å². The second kappa shape index (κ2) is 9.37. The molecule has 0 aliphatic heterocycles. The second-order valence-electron chi connectivity index (χ2n) is 6.30. The zero-order valence-electron chi connectivity index (χ0n) is 15.9. The third-order valence-electron chi connectivity index (χ3n) is 4.03. The smallest absolute Gasteiger partial charge is 0.286 e. The molecular formula is C19H18F2N4O3S2. The van der Waals surface area contributed by atoms with Crippen molar-refractivity contribution in [3.8, 4) is 0 Å². The van der Waals surface area contributed by atoms with Crippen molar-refractivity contribution < 1.29 is 22.0 Å². The lowest BCUT2D eigenvalue weighted by molar-refractivity contribution is 0.102.